The molecule has 1 saturated heterocycles. The van der Waals surface area contributed by atoms with Crippen LogP contribution in [0.2, 0.25) is 0 Å². The van der Waals surface area contributed by atoms with Crippen molar-refractivity contribution in [2.24, 2.45) is 0 Å². The van der Waals surface area contributed by atoms with Crippen molar-refractivity contribution in [1.82, 2.24) is 9.97 Å². The first kappa shape index (κ1) is 23.4. The number of nitrogens with zero attached hydrogens (tertiary/aromatic N) is 2. The summed E-state index contributed by atoms with van der Waals surface area (Å²) in [6, 6.07) is 14.9. The van der Waals surface area contributed by atoms with Crippen molar-refractivity contribution in [3.05, 3.63) is 66.0 Å². The van der Waals surface area contributed by atoms with Crippen LogP contribution in [-0.2, 0) is 11.2 Å². The van der Waals surface area contributed by atoms with Gasteiger partial charge in [0.15, 0.2) is 5.82 Å². The van der Waals surface area contributed by atoms with Gasteiger partial charge in [0.25, 0.3) is 0 Å². The minimum Gasteiger partial charge on any atom is -0.462 e. The fourth-order valence-electron chi connectivity index (χ4n) is 4.13. The summed E-state index contributed by atoms with van der Waals surface area (Å²) in [6.45, 7) is 6.50. The Morgan fingerprint density at radius 3 is 2.24 bits per heavy atom. The molecule has 4 rings (SSSR count). The van der Waals surface area contributed by atoms with E-state index < -0.39 is 0 Å². The molecule has 1 aromatic heterocycles. The van der Waals surface area contributed by atoms with Gasteiger partial charge in [-0.1, -0.05) is 70.2 Å². The van der Waals surface area contributed by atoms with Crippen LogP contribution in [0.3, 0.4) is 0 Å². The number of ether oxygens (including phenoxy) is 2. The molecule has 0 aliphatic carbocycles. The van der Waals surface area contributed by atoms with Crippen molar-refractivity contribution >= 4 is 0 Å². The second kappa shape index (κ2) is 11.4. The number of epoxide rings is 1. The second-order valence-electron chi connectivity index (χ2n) is 9.09. The molecule has 174 valence electrons. The van der Waals surface area contributed by atoms with Gasteiger partial charge in [-0.15, -0.1) is 0 Å². The summed E-state index contributed by atoms with van der Waals surface area (Å²) in [5.41, 5.74) is 5.66. The average Bonchev–Trinajstić information content (AvgIpc) is 3.60. The summed E-state index contributed by atoms with van der Waals surface area (Å²) in [5.74, 6) is 1.60. The molecule has 2 atom stereocenters. The summed E-state index contributed by atoms with van der Waals surface area (Å²) in [5, 5.41) is 0. The third kappa shape index (κ3) is 6.42. The fraction of sp³-hybridized carbons (Fsp3) is 0.448. The lowest BCUT2D eigenvalue weighted by molar-refractivity contribution is 0.177. The van der Waals surface area contributed by atoms with E-state index in [0.29, 0.717) is 0 Å². The molecule has 1 aliphatic heterocycles. The Morgan fingerprint density at radius 2 is 1.55 bits per heavy atom. The molecule has 3 aromatic rings. The highest BCUT2D eigenvalue weighted by Gasteiger charge is 2.40. The molecule has 0 spiro atoms. The Bertz CT molecular complexity index is 1010. The van der Waals surface area contributed by atoms with E-state index in [1.807, 2.05) is 24.5 Å². The van der Waals surface area contributed by atoms with Gasteiger partial charge >= 0.3 is 0 Å². The molecule has 1 aliphatic rings. The summed E-state index contributed by atoms with van der Waals surface area (Å²) in [7, 11) is 0. The second-order valence-corrected chi connectivity index (χ2v) is 9.09. The molecule has 0 radical (unpaired) electrons. The molecule has 0 saturated carbocycles. The fourth-order valence-corrected chi connectivity index (χ4v) is 4.13. The molecule has 2 heterocycles. The van der Waals surface area contributed by atoms with E-state index in [0.717, 1.165) is 46.7 Å². The molecule has 4 heteroatoms. The van der Waals surface area contributed by atoms with Gasteiger partial charge in [-0.25, -0.2) is 9.97 Å². The van der Waals surface area contributed by atoms with Crippen LogP contribution in [0.4, 0.5) is 0 Å². The summed E-state index contributed by atoms with van der Waals surface area (Å²) in [4.78, 5) is 9.26. The Kier molecular flexibility index (Phi) is 8.11. The van der Waals surface area contributed by atoms with Crippen LogP contribution >= 0.6 is 0 Å². The first-order chi connectivity index (χ1) is 16.2. The zero-order chi connectivity index (χ0) is 23.0. The maximum Gasteiger partial charge on any atom is 0.227 e. The van der Waals surface area contributed by atoms with Gasteiger partial charge in [-0.2, -0.15) is 0 Å². The number of aromatic nitrogens is 2. The van der Waals surface area contributed by atoms with Crippen LogP contribution in [0.5, 0.6) is 5.75 Å². The first-order valence-corrected chi connectivity index (χ1v) is 12.5. The third-order valence-corrected chi connectivity index (χ3v) is 6.31. The molecule has 2 aromatic carbocycles. The Morgan fingerprint density at radius 1 is 0.818 bits per heavy atom. The zero-order valence-corrected chi connectivity index (χ0v) is 20.2. The average molecular weight is 445 g/mol. The highest BCUT2D eigenvalue weighted by molar-refractivity contribution is 5.64. The van der Waals surface area contributed by atoms with Crippen LogP contribution < -0.4 is 4.74 Å². The number of rotatable bonds is 12. The smallest absolute Gasteiger partial charge is 0.227 e. The van der Waals surface area contributed by atoms with Crippen molar-refractivity contribution in [3.63, 3.8) is 0 Å². The summed E-state index contributed by atoms with van der Waals surface area (Å²) >= 11 is 0. The van der Waals surface area contributed by atoms with Crippen LogP contribution in [0.1, 0.15) is 69.9 Å². The standard InChI is InChI=1S/C29H36N2O2/c1-4-6-8-9-10-22-12-14-23(15-13-22)25-19-30-28(31-20-25)24-16-17-26(21(3)18-24)32-29-27(33-29)11-7-5-2/h12-20,27,29H,4-11H2,1-3H3/t27-,29+/m0/s1. The highest BCUT2D eigenvalue weighted by Crippen LogP contribution is 2.33. The topological polar surface area (TPSA) is 47.5 Å². The molecule has 0 N–H and O–H groups in total. The Labute approximate surface area is 198 Å². The van der Waals surface area contributed by atoms with E-state index >= 15 is 0 Å². The largest absolute Gasteiger partial charge is 0.462 e. The summed E-state index contributed by atoms with van der Waals surface area (Å²) < 4.78 is 11.7. The maximum atomic E-state index is 6.02. The van der Waals surface area contributed by atoms with Crippen LogP contribution in [-0.4, -0.2) is 22.4 Å². The van der Waals surface area contributed by atoms with Gasteiger partial charge in [-0.05, 0) is 61.1 Å². The van der Waals surface area contributed by atoms with E-state index in [1.54, 1.807) is 0 Å². The van der Waals surface area contributed by atoms with Crippen molar-refractivity contribution in [2.45, 2.75) is 84.5 Å². The lowest BCUT2D eigenvalue weighted by atomic mass is 10.0. The maximum absolute atomic E-state index is 6.02. The monoisotopic (exact) mass is 444 g/mol. The predicted molar refractivity (Wildman–Crippen MR) is 134 cm³/mol. The Hall–Kier alpha value is -2.72. The minimum atomic E-state index is -0.0978. The molecule has 1 fully saturated rings. The van der Waals surface area contributed by atoms with E-state index in [4.69, 9.17) is 9.47 Å². The molecule has 0 unspecified atom stereocenters. The van der Waals surface area contributed by atoms with Crippen molar-refractivity contribution in [1.29, 1.82) is 0 Å². The van der Waals surface area contributed by atoms with Gasteiger partial charge in [0.1, 0.15) is 11.9 Å². The Balaban J connectivity index is 1.35. The SMILES string of the molecule is CCCCCCc1ccc(-c2cnc(-c3ccc(O[C@@H]4O[C@H]4CCCC)c(C)c3)nc2)cc1. The lowest BCUT2D eigenvalue weighted by Crippen LogP contribution is -2.04. The summed E-state index contributed by atoms with van der Waals surface area (Å²) in [6.07, 6.45) is 13.7. The predicted octanol–water partition coefficient (Wildman–Crippen LogP) is 7.54. The van der Waals surface area contributed by atoms with Crippen LogP contribution in [0, 0.1) is 6.92 Å². The van der Waals surface area contributed by atoms with E-state index in [2.05, 4.69) is 61.1 Å². The van der Waals surface area contributed by atoms with Gasteiger partial charge in [0.05, 0.1) is 0 Å². The number of hydrogen-bond acceptors (Lipinski definition) is 4. The van der Waals surface area contributed by atoms with Crippen LogP contribution in [0.15, 0.2) is 54.9 Å². The van der Waals surface area contributed by atoms with Gasteiger partial charge < -0.3 is 9.47 Å². The normalized spacial score (nSPS) is 17.2. The highest BCUT2D eigenvalue weighted by atomic mass is 16.8. The van der Waals surface area contributed by atoms with Crippen molar-refractivity contribution in [3.8, 4) is 28.3 Å². The third-order valence-electron chi connectivity index (χ3n) is 6.31. The molecule has 0 bridgehead atoms. The number of unbranched alkanes of at least 4 members (excludes halogenated alkanes) is 4. The zero-order valence-electron chi connectivity index (χ0n) is 20.2. The first-order valence-electron chi connectivity index (χ1n) is 12.5. The number of benzene rings is 2. The van der Waals surface area contributed by atoms with E-state index in [9.17, 15) is 0 Å². The number of aryl methyl sites for hydroxylation is 2. The lowest BCUT2D eigenvalue weighted by Gasteiger charge is -2.09. The van der Waals surface area contributed by atoms with E-state index in [-0.39, 0.29) is 12.4 Å². The molecule has 33 heavy (non-hydrogen) atoms. The van der Waals surface area contributed by atoms with Gasteiger partial charge in [0, 0.05) is 23.5 Å². The number of hydrogen-bond donors (Lipinski definition) is 0. The van der Waals surface area contributed by atoms with Crippen molar-refractivity contribution in [2.75, 3.05) is 0 Å². The molecular weight excluding hydrogens is 408 g/mol. The molecule has 4 nitrogen and oxygen atoms in total. The van der Waals surface area contributed by atoms with Gasteiger partial charge in [-0.3, -0.25) is 0 Å². The quantitative estimate of drug-likeness (QED) is 0.214. The van der Waals surface area contributed by atoms with E-state index in [1.165, 1.54) is 44.1 Å². The molecule has 0 amide bonds. The van der Waals surface area contributed by atoms with Crippen LogP contribution in [0.25, 0.3) is 22.5 Å². The van der Waals surface area contributed by atoms with Gasteiger partial charge in [0.2, 0.25) is 6.29 Å². The minimum absolute atomic E-state index is 0.0978. The van der Waals surface area contributed by atoms with Crippen molar-refractivity contribution < 1.29 is 9.47 Å². The molecular formula is C29H36N2O2.